The standard InChI is InChI=1S/C9H13N3O4/c10-5-3-8(16-6(5)4-13)12-2-1-7(14)11-9(12)15/h1-2,5-6,8,13H,3-4,10H2,(H,11,14,15)/t5-,6+,8+/m0/s1. The Kier molecular flexibility index (Phi) is 2.90. The molecule has 1 saturated heterocycles. The number of nitrogens with zero attached hydrogens (tertiary/aromatic N) is 1. The van der Waals surface area contributed by atoms with Gasteiger partial charge in [0.1, 0.15) is 6.23 Å². The Bertz CT molecular complexity index is 480. The molecule has 2 rings (SSSR count). The number of aromatic amines is 1. The first-order chi connectivity index (χ1) is 7.61. The number of hydrogen-bond donors (Lipinski definition) is 3. The number of H-pyrrole nitrogens is 1. The second-order valence-corrected chi connectivity index (χ2v) is 3.73. The Morgan fingerprint density at radius 1 is 1.62 bits per heavy atom. The van der Waals surface area contributed by atoms with E-state index in [4.69, 9.17) is 15.6 Å². The van der Waals surface area contributed by atoms with Crippen LogP contribution in [0, 0.1) is 0 Å². The molecule has 0 saturated carbocycles. The third-order valence-corrected chi connectivity index (χ3v) is 2.62. The maximum absolute atomic E-state index is 11.5. The van der Waals surface area contributed by atoms with Crippen molar-refractivity contribution in [3.05, 3.63) is 33.1 Å². The molecule has 2 heterocycles. The monoisotopic (exact) mass is 227 g/mol. The minimum Gasteiger partial charge on any atom is -0.394 e. The first-order valence-corrected chi connectivity index (χ1v) is 4.95. The van der Waals surface area contributed by atoms with E-state index in [2.05, 4.69) is 4.98 Å². The molecule has 0 aliphatic carbocycles. The summed E-state index contributed by atoms with van der Waals surface area (Å²) in [6.45, 7) is -0.185. The smallest absolute Gasteiger partial charge is 0.330 e. The second kappa shape index (κ2) is 4.20. The van der Waals surface area contributed by atoms with Crippen LogP contribution in [0.3, 0.4) is 0 Å². The molecule has 0 radical (unpaired) electrons. The number of nitrogens with two attached hydrogens (primary N) is 1. The van der Waals surface area contributed by atoms with E-state index >= 15 is 0 Å². The highest BCUT2D eigenvalue weighted by atomic mass is 16.5. The molecule has 88 valence electrons. The Hall–Kier alpha value is -1.44. The van der Waals surface area contributed by atoms with Gasteiger partial charge >= 0.3 is 5.69 Å². The summed E-state index contributed by atoms with van der Waals surface area (Å²) < 4.78 is 6.66. The zero-order valence-corrected chi connectivity index (χ0v) is 8.50. The topological polar surface area (TPSA) is 110 Å². The number of ether oxygens (including phenoxy) is 1. The van der Waals surface area contributed by atoms with Gasteiger partial charge in [0.2, 0.25) is 0 Å². The molecule has 0 spiro atoms. The lowest BCUT2D eigenvalue weighted by atomic mass is 10.1. The van der Waals surface area contributed by atoms with E-state index in [1.807, 2.05) is 0 Å². The molecule has 7 heteroatoms. The summed E-state index contributed by atoms with van der Waals surface area (Å²) >= 11 is 0. The molecular formula is C9H13N3O4. The average Bonchev–Trinajstić information content (AvgIpc) is 2.59. The summed E-state index contributed by atoms with van der Waals surface area (Å²) in [5, 5.41) is 8.96. The van der Waals surface area contributed by atoms with Gasteiger partial charge in [0.15, 0.2) is 0 Å². The molecule has 1 aromatic heterocycles. The van der Waals surface area contributed by atoms with E-state index in [-0.39, 0.29) is 12.6 Å². The third-order valence-electron chi connectivity index (χ3n) is 2.62. The van der Waals surface area contributed by atoms with Crippen LogP contribution < -0.4 is 17.0 Å². The fraction of sp³-hybridized carbons (Fsp3) is 0.556. The molecule has 7 nitrogen and oxygen atoms in total. The van der Waals surface area contributed by atoms with Crippen LogP contribution in [0.1, 0.15) is 12.6 Å². The molecule has 0 aromatic carbocycles. The number of rotatable bonds is 2. The van der Waals surface area contributed by atoms with Gasteiger partial charge < -0.3 is 15.6 Å². The van der Waals surface area contributed by atoms with Crippen LogP contribution in [-0.4, -0.2) is 33.4 Å². The minimum absolute atomic E-state index is 0.185. The molecule has 0 amide bonds. The lowest BCUT2D eigenvalue weighted by Crippen LogP contribution is -2.32. The molecule has 1 aliphatic heterocycles. The first-order valence-electron chi connectivity index (χ1n) is 4.95. The molecule has 0 bridgehead atoms. The van der Waals surface area contributed by atoms with E-state index in [1.165, 1.54) is 16.8 Å². The van der Waals surface area contributed by atoms with Crippen LogP contribution in [-0.2, 0) is 4.74 Å². The van der Waals surface area contributed by atoms with Gasteiger partial charge in [-0.1, -0.05) is 0 Å². The zero-order chi connectivity index (χ0) is 11.7. The molecule has 0 unspecified atom stereocenters. The summed E-state index contributed by atoms with van der Waals surface area (Å²) in [5.41, 5.74) is 4.73. The molecule has 4 N–H and O–H groups in total. The molecule has 1 aromatic rings. The minimum atomic E-state index is -0.539. The number of aliphatic hydroxyl groups is 1. The van der Waals surface area contributed by atoms with Crippen LogP contribution in [0.5, 0.6) is 0 Å². The maximum atomic E-state index is 11.5. The van der Waals surface area contributed by atoms with Gasteiger partial charge in [0.05, 0.1) is 12.7 Å². The second-order valence-electron chi connectivity index (χ2n) is 3.73. The highest BCUT2D eigenvalue weighted by Crippen LogP contribution is 2.25. The fourth-order valence-electron chi connectivity index (χ4n) is 1.75. The number of aliphatic hydroxyl groups excluding tert-OH is 1. The lowest BCUT2D eigenvalue weighted by molar-refractivity contribution is -0.0271. The van der Waals surface area contributed by atoms with Crippen LogP contribution in [0.25, 0.3) is 0 Å². The van der Waals surface area contributed by atoms with E-state index in [0.717, 1.165) is 0 Å². The van der Waals surface area contributed by atoms with Crippen molar-refractivity contribution in [3.63, 3.8) is 0 Å². The van der Waals surface area contributed by atoms with E-state index in [0.29, 0.717) is 6.42 Å². The van der Waals surface area contributed by atoms with Crippen molar-refractivity contribution < 1.29 is 9.84 Å². The van der Waals surface area contributed by atoms with Crippen LogP contribution in [0.15, 0.2) is 21.9 Å². The van der Waals surface area contributed by atoms with Gasteiger partial charge in [-0.15, -0.1) is 0 Å². The molecular weight excluding hydrogens is 214 g/mol. The number of nitrogens with one attached hydrogen (secondary N) is 1. The molecule has 3 atom stereocenters. The largest absolute Gasteiger partial charge is 0.394 e. The third kappa shape index (κ3) is 1.92. The Morgan fingerprint density at radius 2 is 2.38 bits per heavy atom. The molecule has 1 fully saturated rings. The van der Waals surface area contributed by atoms with Crippen molar-refractivity contribution in [2.45, 2.75) is 24.8 Å². The van der Waals surface area contributed by atoms with E-state index < -0.39 is 23.6 Å². The Labute approximate surface area is 90.5 Å². The van der Waals surface area contributed by atoms with Crippen molar-refractivity contribution in [1.82, 2.24) is 9.55 Å². The lowest BCUT2D eigenvalue weighted by Gasteiger charge is -2.13. The van der Waals surface area contributed by atoms with Gasteiger partial charge in [-0.25, -0.2) is 4.79 Å². The van der Waals surface area contributed by atoms with Crippen molar-refractivity contribution in [2.24, 2.45) is 5.73 Å². The van der Waals surface area contributed by atoms with Crippen molar-refractivity contribution in [3.8, 4) is 0 Å². The van der Waals surface area contributed by atoms with Crippen molar-refractivity contribution >= 4 is 0 Å². The van der Waals surface area contributed by atoms with E-state index in [9.17, 15) is 9.59 Å². The van der Waals surface area contributed by atoms with Gasteiger partial charge in [-0.3, -0.25) is 14.3 Å². The summed E-state index contributed by atoms with van der Waals surface area (Å²) in [5.74, 6) is 0. The van der Waals surface area contributed by atoms with Gasteiger partial charge in [0.25, 0.3) is 5.56 Å². The summed E-state index contributed by atoms with van der Waals surface area (Å²) in [4.78, 5) is 24.5. The number of aromatic nitrogens is 2. The predicted molar refractivity (Wildman–Crippen MR) is 54.9 cm³/mol. The van der Waals surface area contributed by atoms with Crippen LogP contribution in [0.2, 0.25) is 0 Å². The molecule has 16 heavy (non-hydrogen) atoms. The molecule has 1 aliphatic rings. The SMILES string of the molecule is N[C@H]1C[C@H](n2ccc(=O)[nH]c2=O)O[C@@H]1CO. The van der Waals surface area contributed by atoms with Gasteiger partial charge in [0, 0.05) is 24.7 Å². The maximum Gasteiger partial charge on any atom is 0.330 e. The highest BCUT2D eigenvalue weighted by molar-refractivity contribution is 4.89. The Morgan fingerprint density at radius 3 is 2.94 bits per heavy atom. The highest BCUT2D eigenvalue weighted by Gasteiger charge is 2.33. The zero-order valence-electron chi connectivity index (χ0n) is 8.50. The van der Waals surface area contributed by atoms with Gasteiger partial charge in [-0.2, -0.15) is 0 Å². The van der Waals surface area contributed by atoms with Crippen LogP contribution in [0.4, 0.5) is 0 Å². The van der Waals surface area contributed by atoms with Crippen LogP contribution >= 0.6 is 0 Å². The Balaban J connectivity index is 2.27. The summed E-state index contributed by atoms with van der Waals surface area (Å²) in [6, 6.07) is 0.927. The van der Waals surface area contributed by atoms with E-state index in [1.54, 1.807) is 0 Å². The summed E-state index contributed by atoms with van der Waals surface area (Å²) in [7, 11) is 0. The van der Waals surface area contributed by atoms with Gasteiger partial charge in [-0.05, 0) is 0 Å². The first kappa shape index (κ1) is 11.1. The normalized spacial score (nSPS) is 29.5. The average molecular weight is 227 g/mol. The quantitative estimate of drug-likeness (QED) is 0.549. The van der Waals surface area contributed by atoms with Crippen molar-refractivity contribution in [2.75, 3.05) is 6.61 Å². The number of hydrogen-bond acceptors (Lipinski definition) is 5. The predicted octanol–water partition coefficient (Wildman–Crippen LogP) is -1.86. The van der Waals surface area contributed by atoms with Crippen molar-refractivity contribution in [1.29, 1.82) is 0 Å². The fourth-order valence-corrected chi connectivity index (χ4v) is 1.75. The summed E-state index contributed by atoms with van der Waals surface area (Å²) in [6.07, 6.45) is 0.787.